The number of hydrogen-bond donors (Lipinski definition) is 3. The van der Waals surface area contributed by atoms with Crippen LogP contribution in [0.4, 0.5) is 0 Å². The minimum Gasteiger partial charge on any atom is -0.504 e. The molecule has 0 bridgehead atoms. The molecule has 3 N–H and O–H groups in total. The summed E-state index contributed by atoms with van der Waals surface area (Å²) in [5.41, 5.74) is 7.61. The van der Waals surface area contributed by atoms with Crippen LogP contribution in [-0.4, -0.2) is 36.5 Å². The number of aryl methyl sites for hydroxylation is 1. The van der Waals surface area contributed by atoms with Crippen LogP contribution in [0.1, 0.15) is 32.2 Å². The van der Waals surface area contributed by atoms with Gasteiger partial charge in [0.2, 0.25) is 0 Å². The molecule has 162 valence electrons. The number of nitrogens with one attached hydrogen (secondary N) is 2. The molecule has 0 saturated heterocycles. The van der Waals surface area contributed by atoms with Crippen molar-refractivity contribution in [1.82, 2.24) is 30.4 Å². The molecule has 0 saturated carbocycles. The van der Waals surface area contributed by atoms with Crippen molar-refractivity contribution in [2.75, 3.05) is 0 Å². The van der Waals surface area contributed by atoms with Crippen molar-refractivity contribution in [1.29, 1.82) is 0 Å². The summed E-state index contributed by atoms with van der Waals surface area (Å²) < 4.78 is 3.06. The van der Waals surface area contributed by atoms with Gasteiger partial charge in [-0.1, -0.05) is 29.8 Å². The highest BCUT2D eigenvalue weighted by molar-refractivity contribution is 6.31. The second-order valence-corrected chi connectivity index (χ2v) is 7.37. The van der Waals surface area contributed by atoms with Crippen LogP contribution in [0.15, 0.2) is 60.8 Å². The quantitative estimate of drug-likeness (QED) is 0.413. The molecule has 9 nitrogen and oxygen atoms in total. The summed E-state index contributed by atoms with van der Waals surface area (Å²) in [6, 6.07) is 15.7. The zero-order chi connectivity index (χ0) is 22.8. The molecule has 0 aliphatic carbocycles. The molecule has 0 aliphatic heterocycles. The first-order valence-corrected chi connectivity index (χ1v) is 10.00. The number of halogens is 1. The lowest BCUT2D eigenvalue weighted by atomic mass is 10.2. The van der Waals surface area contributed by atoms with Crippen LogP contribution in [-0.2, 0) is 0 Å². The van der Waals surface area contributed by atoms with Gasteiger partial charge >= 0.3 is 0 Å². The second kappa shape index (κ2) is 8.56. The van der Waals surface area contributed by atoms with E-state index in [1.165, 1.54) is 10.9 Å². The number of amides is 2. The highest BCUT2D eigenvalue weighted by Crippen LogP contribution is 2.22. The highest BCUT2D eigenvalue weighted by atomic mass is 35.5. The molecule has 0 atom stereocenters. The van der Waals surface area contributed by atoms with Gasteiger partial charge in [0.1, 0.15) is 0 Å². The van der Waals surface area contributed by atoms with E-state index in [0.717, 1.165) is 11.4 Å². The predicted molar refractivity (Wildman–Crippen MR) is 118 cm³/mol. The number of benzene rings is 2. The number of carbonyl (C=O) groups is 2. The molecule has 32 heavy (non-hydrogen) atoms. The molecule has 0 radical (unpaired) electrons. The van der Waals surface area contributed by atoms with Gasteiger partial charge in [0.15, 0.2) is 11.4 Å². The number of hydrogen-bond acceptors (Lipinski definition) is 5. The zero-order valence-corrected chi connectivity index (χ0v) is 18.0. The van der Waals surface area contributed by atoms with E-state index in [9.17, 15) is 14.7 Å². The number of aromatic nitrogens is 4. The fraction of sp³-hybridized carbons (Fsp3) is 0.0909. The fourth-order valence-electron chi connectivity index (χ4n) is 3.11. The van der Waals surface area contributed by atoms with Crippen LogP contribution in [0.25, 0.3) is 11.4 Å². The van der Waals surface area contributed by atoms with Crippen LogP contribution in [0.3, 0.4) is 0 Å². The molecule has 2 heterocycles. The third-order valence-corrected chi connectivity index (χ3v) is 5.34. The molecule has 4 aromatic rings. The molecule has 2 amide bonds. The highest BCUT2D eigenvalue weighted by Gasteiger charge is 2.18. The number of aromatic hydroxyl groups is 1. The summed E-state index contributed by atoms with van der Waals surface area (Å²) >= 11 is 6.19. The molecule has 0 aliphatic rings. The standard InChI is InChI=1S/C22H19ClN6O3/c1-13-19(23)14(2)29(26-13)17-10-8-15(9-11-17)21(31)24-25-22(32)20-18(30)12-28(27-20)16-6-4-3-5-7-16/h3-12,30H,1-2H3,(H,24,31)(H,25,32). The average Bonchev–Trinajstić information content (AvgIpc) is 3.33. The largest absolute Gasteiger partial charge is 0.504 e. The van der Waals surface area contributed by atoms with E-state index >= 15 is 0 Å². The smallest absolute Gasteiger partial charge is 0.294 e. The van der Waals surface area contributed by atoms with E-state index in [0.29, 0.717) is 22.0 Å². The lowest BCUT2D eigenvalue weighted by molar-refractivity contribution is 0.0842. The van der Waals surface area contributed by atoms with Crippen molar-refractivity contribution in [3.8, 4) is 17.1 Å². The predicted octanol–water partition coefficient (Wildman–Crippen LogP) is 3.11. The average molecular weight is 451 g/mol. The van der Waals surface area contributed by atoms with E-state index in [1.807, 2.05) is 32.0 Å². The van der Waals surface area contributed by atoms with E-state index < -0.39 is 11.8 Å². The monoisotopic (exact) mass is 450 g/mol. The SMILES string of the molecule is Cc1nn(-c2ccc(C(=O)NNC(=O)c3nn(-c4ccccc4)cc3O)cc2)c(C)c1Cl. The Balaban J connectivity index is 1.42. The molecular weight excluding hydrogens is 432 g/mol. The van der Waals surface area contributed by atoms with Crippen LogP contribution in [0.2, 0.25) is 5.02 Å². The first-order valence-electron chi connectivity index (χ1n) is 9.62. The lowest BCUT2D eigenvalue weighted by Gasteiger charge is -2.08. The van der Waals surface area contributed by atoms with Crippen LogP contribution in [0, 0.1) is 13.8 Å². The minimum atomic E-state index is -0.751. The Kier molecular flexibility index (Phi) is 5.65. The topological polar surface area (TPSA) is 114 Å². The molecule has 10 heteroatoms. The van der Waals surface area contributed by atoms with Crippen molar-refractivity contribution in [2.45, 2.75) is 13.8 Å². The van der Waals surface area contributed by atoms with Gasteiger partial charge in [-0.3, -0.25) is 20.4 Å². The minimum absolute atomic E-state index is 0.217. The van der Waals surface area contributed by atoms with Crippen LogP contribution >= 0.6 is 11.6 Å². The molecular formula is C22H19ClN6O3. The maximum absolute atomic E-state index is 12.4. The van der Waals surface area contributed by atoms with Gasteiger partial charge in [-0.25, -0.2) is 9.36 Å². The maximum atomic E-state index is 12.4. The van der Waals surface area contributed by atoms with E-state index in [-0.39, 0.29) is 11.4 Å². The fourth-order valence-corrected chi connectivity index (χ4v) is 3.23. The molecule has 0 unspecified atom stereocenters. The van der Waals surface area contributed by atoms with Crippen LogP contribution in [0.5, 0.6) is 5.75 Å². The summed E-state index contributed by atoms with van der Waals surface area (Å²) in [6.45, 7) is 3.67. The van der Waals surface area contributed by atoms with Crippen molar-refractivity contribution in [2.24, 2.45) is 0 Å². The molecule has 0 fully saturated rings. The molecule has 2 aromatic heterocycles. The van der Waals surface area contributed by atoms with Crippen molar-refractivity contribution in [3.63, 3.8) is 0 Å². The van der Waals surface area contributed by atoms with E-state index in [2.05, 4.69) is 21.0 Å². The third-order valence-electron chi connectivity index (χ3n) is 4.80. The number of carbonyl (C=O) groups excluding carboxylic acids is 2. The Bertz CT molecular complexity index is 1300. The third kappa shape index (κ3) is 4.06. The Morgan fingerprint density at radius 1 is 0.906 bits per heavy atom. The molecule has 4 rings (SSSR count). The van der Waals surface area contributed by atoms with Gasteiger partial charge < -0.3 is 5.11 Å². The summed E-state index contributed by atoms with van der Waals surface area (Å²) in [5.74, 6) is -1.59. The zero-order valence-electron chi connectivity index (χ0n) is 17.2. The lowest BCUT2D eigenvalue weighted by Crippen LogP contribution is -2.41. The number of nitrogens with zero attached hydrogens (tertiary/aromatic N) is 4. The van der Waals surface area contributed by atoms with Gasteiger partial charge in [-0.05, 0) is 50.2 Å². The Morgan fingerprint density at radius 3 is 2.19 bits per heavy atom. The normalized spacial score (nSPS) is 10.7. The first-order chi connectivity index (χ1) is 15.3. The van der Waals surface area contributed by atoms with E-state index in [1.54, 1.807) is 41.1 Å². The Labute approximate surface area is 188 Å². The summed E-state index contributed by atoms with van der Waals surface area (Å²) in [6.07, 6.45) is 1.32. The van der Waals surface area contributed by atoms with Crippen molar-refractivity contribution < 1.29 is 14.7 Å². The molecule has 2 aromatic carbocycles. The van der Waals surface area contributed by atoms with Crippen molar-refractivity contribution >= 4 is 23.4 Å². The van der Waals surface area contributed by atoms with Gasteiger partial charge in [0.05, 0.1) is 34.0 Å². The van der Waals surface area contributed by atoms with E-state index in [4.69, 9.17) is 11.6 Å². The van der Waals surface area contributed by atoms with Gasteiger partial charge in [-0.2, -0.15) is 10.2 Å². The van der Waals surface area contributed by atoms with Gasteiger partial charge in [-0.15, -0.1) is 0 Å². The Morgan fingerprint density at radius 2 is 1.56 bits per heavy atom. The summed E-state index contributed by atoms with van der Waals surface area (Å²) in [4.78, 5) is 24.8. The summed E-state index contributed by atoms with van der Waals surface area (Å²) in [7, 11) is 0. The van der Waals surface area contributed by atoms with Crippen molar-refractivity contribution in [3.05, 3.63) is 88.5 Å². The Hall–Kier alpha value is -4.11. The molecule has 0 spiro atoms. The number of rotatable bonds is 4. The maximum Gasteiger partial charge on any atom is 0.294 e. The van der Waals surface area contributed by atoms with Gasteiger partial charge in [0.25, 0.3) is 11.8 Å². The summed E-state index contributed by atoms with van der Waals surface area (Å²) in [5, 5.41) is 19.1. The second-order valence-electron chi connectivity index (χ2n) is 6.99. The first kappa shape index (κ1) is 21.1. The number of hydrazine groups is 1. The van der Waals surface area contributed by atoms with Gasteiger partial charge in [0, 0.05) is 5.56 Å². The van der Waals surface area contributed by atoms with Crippen LogP contribution < -0.4 is 10.9 Å². The number of para-hydroxylation sites is 1.